The zero-order valence-electron chi connectivity index (χ0n) is 20.9. The Bertz CT molecular complexity index is 830. The lowest BCUT2D eigenvalue weighted by Crippen LogP contribution is -2.49. The average molecular weight is 458 g/mol. The Morgan fingerprint density at radius 1 is 1.09 bits per heavy atom. The van der Waals surface area contributed by atoms with Gasteiger partial charge in [0, 0.05) is 12.2 Å². The van der Waals surface area contributed by atoms with Crippen molar-refractivity contribution in [2.45, 2.75) is 96.8 Å². The molecule has 2 aliphatic carbocycles. The van der Waals surface area contributed by atoms with Crippen LogP contribution in [0.5, 0.6) is 0 Å². The van der Waals surface area contributed by atoms with Crippen LogP contribution in [0.4, 0.5) is 0 Å². The molecule has 0 heterocycles. The normalized spacial score (nSPS) is 26.3. The van der Waals surface area contributed by atoms with E-state index in [1.165, 1.54) is 63.4 Å². The molecule has 4 N–H and O–H groups in total. The summed E-state index contributed by atoms with van der Waals surface area (Å²) in [7, 11) is 0. The van der Waals surface area contributed by atoms with E-state index in [1.54, 1.807) is 11.1 Å². The molecule has 0 aromatic heterocycles. The molecule has 0 spiro atoms. The van der Waals surface area contributed by atoms with Crippen molar-refractivity contribution < 1.29 is 19.8 Å². The van der Waals surface area contributed by atoms with Gasteiger partial charge in [0.15, 0.2) is 0 Å². The Morgan fingerprint density at radius 2 is 1.76 bits per heavy atom. The predicted molar refractivity (Wildman–Crippen MR) is 134 cm³/mol. The molecule has 1 saturated carbocycles. The second-order valence-electron chi connectivity index (χ2n) is 10.7. The van der Waals surface area contributed by atoms with Gasteiger partial charge in [-0.05, 0) is 84.4 Å². The number of hydrogen-bond donors (Lipinski definition) is 3. The van der Waals surface area contributed by atoms with Crippen molar-refractivity contribution in [2.75, 3.05) is 6.54 Å². The molecule has 0 amide bonds. The maximum atomic E-state index is 9.55. The topological polar surface area (TPSA) is 101 Å². The van der Waals surface area contributed by atoms with Crippen LogP contribution in [0.25, 0.3) is 0 Å². The molecule has 33 heavy (non-hydrogen) atoms. The fourth-order valence-corrected chi connectivity index (χ4v) is 6.29. The highest BCUT2D eigenvalue weighted by atomic mass is 16.4. The quantitative estimate of drug-likeness (QED) is 0.326. The number of carboxylic acid groups (broad SMARTS) is 2. The number of unbranched alkanes of at least 4 members (excludes halogenated alkanes) is 2. The molecule has 3 atom stereocenters. The maximum absolute atomic E-state index is 9.55. The van der Waals surface area contributed by atoms with Gasteiger partial charge >= 0.3 is 11.9 Å². The summed E-state index contributed by atoms with van der Waals surface area (Å²) in [6, 6.07) is 7.43. The Hall–Kier alpha value is -2.14. The average Bonchev–Trinajstić information content (AvgIpc) is 2.75. The third-order valence-corrected chi connectivity index (χ3v) is 7.99. The van der Waals surface area contributed by atoms with Gasteiger partial charge in [0.25, 0.3) is 0 Å². The van der Waals surface area contributed by atoms with Gasteiger partial charge in [-0.3, -0.25) is 0 Å². The van der Waals surface area contributed by atoms with Crippen molar-refractivity contribution in [3.63, 3.8) is 0 Å². The zero-order chi connectivity index (χ0) is 24.6. The Morgan fingerprint density at radius 3 is 2.33 bits per heavy atom. The first-order valence-corrected chi connectivity index (χ1v) is 12.5. The van der Waals surface area contributed by atoms with E-state index in [0.717, 1.165) is 12.5 Å². The summed E-state index contributed by atoms with van der Waals surface area (Å²) >= 11 is 0. The van der Waals surface area contributed by atoms with Gasteiger partial charge in [-0.25, -0.2) is 9.59 Å². The lowest BCUT2D eigenvalue weighted by molar-refractivity contribution is -0.134. The van der Waals surface area contributed by atoms with Crippen LogP contribution in [-0.4, -0.2) is 28.7 Å². The van der Waals surface area contributed by atoms with Gasteiger partial charge in [0.1, 0.15) is 0 Å². The zero-order valence-corrected chi connectivity index (χ0v) is 20.9. The number of carboxylic acids is 2. The molecule has 0 saturated heterocycles. The van der Waals surface area contributed by atoms with Gasteiger partial charge in [0.05, 0.1) is 0 Å². The molecule has 3 rings (SSSR count). The first-order chi connectivity index (χ1) is 15.5. The number of benzene rings is 1. The van der Waals surface area contributed by atoms with E-state index < -0.39 is 11.9 Å². The van der Waals surface area contributed by atoms with Gasteiger partial charge in [0.2, 0.25) is 0 Å². The minimum Gasteiger partial charge on any atom is -0.478 e. The number of aryl methyl sites for hydroxylation is 1. The van der Waals surface area contributed by atoms with E-state index in [1.807, 2.05) is 0 Å². The van der Waals surface area contributed by atoms with Crippen molar-refractivity contribution in [2.24, 2.45) is 17.1 Å². The van der Waals surface area contributed by atoms with Crippen molar-refractivity contribution in [1.29, 1.82) is 0 Å². The highest BCUT2D eigenvalue weighted by molar-refractivity contribution is 5.89. The van der Waals surface area contributed by atoms with Crippen LogP contribution < -0.4 is 5.73 Å². The molecular formula is C28H43NO4. The van der Waals surface area contributed by atoms with Crippen LogP contribution in [0.1, 0.15) is 102 Å². The van der Waals surface area contributed by atoms with Crippen LogP contribution in [0.3, 0.4) is 0 Å². The van der Waals surface area contributed by atoms with E-state index in [2.05, 4.69) is 45.9 Å². The molecule has 184 valence electrons. The highest BCUT2D eigenvalue weighted by Crippen LogP contribution is 2.58. The SMILES string of the molecule is CC(C)c1ccc2c(c1)CC[C@H]1[C@](C)(CCCCCN)CCC[C@]21C.O=C(O)/C=C/C(=O)O. The van der Waals surface area contributed by atoms with E-state index >= 15 is 0 Å². The lowest BCUT2D eigenvalue weighted by Gasteiger charge is -2.56. The fourth-order valence-electron chi connectivity index (χ4n) is 6.29. The molecule has 5 heteroatoms. The summed E-state index contributed by atoms with van der Waals surface area (Å²) in [5.41, 5.74) is 11.5. The lowest BCUT2D eigenvalue weighted by atomic mass is 9.49. The van der Waals surface area contributed by atoms with Gasteiger partial charge < -0.3 is 15.9 Å². The number of aliphatic carboxylic acids is 2. The van der Waals surface area contributed by atoms with Crippen molar-refractivity contribution in [3.8, 4) is 0 Å². The smallest absolute Gasteiger partial charge is 0.328 e. The molecule has 0 bridgehead atoms. The first-order valence-electron chi connectivity index (χ1n) is 12.5. The largest absolute Gasteiger partial charge is 0.478 e. The second-order valence-corrected chi connectivity index (χ2v) is 10.7. The van der Waals surface area contributed by atoms with E-state index in [-0.39, 0.29) is 0 Å². The Balaban J connectivity index is 0.000000414. The van der Waals surface area contributed by atoms with E-state index in [0.29, 0.717) is 28.9 Å². The van der Waals surface area contributed by atoms with Crippen molar-refractivity contribution in [3.05, 3.63) is 47.0 Å². The summed E-state index contributed by atoms with van der Waals surface area (Å²) in [6.45, 7) is 10.7. The molecular weight excluding hydrogens is 414 g/mol. The molecule has 0 aliphatic heterocycles. The van der Waals surface area contributed by atoms with Crippen molar-refractivity contribution in [1.82, 2.24) is 0 Å². The summed E-state index contributed by atoms with van der Waals surface area (Å²) < 4.78 is 0. The number of rotatable bonds is 8. The highest BCUT2D eigenvalue weighted by Gasteiger charge is 2.51. The number of carbonyl (C=O) groups is 2. The predicted octanol–water partition coefficient (Wildman–Crippen LogP) is 6.05. The number of fused-ring (bicyclic) bond motifs is 3. The van der Waals surface area contributed by atoms with E-state index in [4.69, 9.17) is 15.9 Å². The molecule has 0 unspecified atom stereocenters. The van der Waals surface area contributed by atoms with Crippen LogP contribution in [0, 0.1) is 11.3 Å². The first kappa shape index (κ1) is 27.1. The maximum Gasteiger partial charge on any atom is 0.328 e. The Labute approximate surface area is 199 Å². The number of hydrogen-bond acceptors (Lipinski definition) is 3. The van der Waals surface area contributed by atoms with Gasteiger partial charge in [-0.1, -0.05) is 65.2 Å². The fraction of sp³-hybridized carbons (Fsp3) is 0.643. The summed E-state index contributed by atoms with van der Waals surface area (Å²) in [5, 5.41) is 15.6. The van der Waals surface area contributed by atoms with Crippen molar-refractivity contribution >= 4 is 11.9 Å². The number of nitrogens with two attached hydrogens (primary N) is 1. The summed E-state index contributed by atoms with van der Waals surface area (Å²) in [4.78, 5) is 19.1. The molecule has 1 aromatic carbocycles. The molecule has 1 fully saturated rings. The van der Waals surface area contributed by atoms with Crippen LogP contribution in [-0.2, 0) is 21.4 Å². The molecule has 1 aromatic rings. The minimum atomic E-state index is -1.26. The monoisotopic (exact) mass is 457 g/mol. The minimum absolute atomic E-state index is 0.393. The van der Waals surface area contributed by atoms with Crippen LogP contribution in [0.15, 0.2) is 30.4 Å². The standard InChI is InChI=1S/C24H39N.C4H4O4/c1-18(2)19-9-11-21-20(17-19)10-12-22-23(3,13-6-5-7-16-25)14-8-15-24(21,22)4;5-3(6)1-2-4(7)8/h9,11,17-18,22H,5-8,10,12-16,25H2,1-4H3;1-2H,(H,5,6)(H,7,8)/b;2-1+/t22-,23+,24+;/m0./s1. The molecule has 2 aliphatic rings. The summed E-state index contributed by atoms with van der Waals surface area (Å²) in [5.74, 6) is -1.03. The third kappa shape index (κ3) is 6.92. The molecule has 0 radical (unpaired) electrons. The summed E-state index contributed by atoms with van der Waals surface area (Å²) in [6.07, 6.45) is 13.2. The Kier molecular flexibility index (Phi) is 9.71. The van der Waals surface area contributed by atoms with Gasteiger partial charge in [-0.2, -0.15) is 0 Å². The van der Waals surface area contributed by atoms with Gasteiger partial charge in [-0.15, -0.1) is 0 Å². The van der Waals surface area contributed by atoms with Crippen LogP contribution >= 0.6 is 0 Å². The van der Waals surface area contributed by atoms with Crippen LogP contribution in [0.2, 0.25) is 0 Å². The third-order valence-electron chi connectivity index (χ3n) is 7.99. The molecule has 5 nitrogen and oxygen atoms in total. The van der Waals surface area contributed by atoms with E-state index in [9.17, 15) is 9.59 Å². The second kappa shape index (κ2) is 11.8.